The summed E-state index contributed by atoms with van der Waals surface area (Å²) in [6.07, 6.45) is -0.369. The van der Waals surface area contributed by atoms with Gasteiger partial charge in [0.05, 0.1) is 12.1 Å². The second kappa shape index (κ2) is 7.43. The molecule has 148 valence electrons. The Morgan fingerprint density at radius 1 is 1.07 bits per heavy atom. The number of cyclic esters (lactones) is 1. The van der Waals surface area contributed by atoms with E-state index in [2.05, 4.69) is 5.32 Å². The molecular formula is C22H20FN3O3. The topological polar surface area (TPSA) is 63.6 Å². The van der Waals surface area contributed by atoms with E-state index in [1.165, 1.54) is 17.0 Å². The van der Waals surface area contributed by atoms with Gasteiger partial charge in [0.1, 0.15) is 12.4 Å². The number of halogens is 1. The maximum absolute atomic E-state index is 13.6. The van der Waals surface area contributed by atoms with E-state index >= 15 is 0 Å². The number of aryl methyl sites for hydroxylation is 1. The summed E-state index contributed by atoms with van der Waals surface area (Å²) in [4.78, 5) is 26.0. The Morgan fingerprint density at radius 3 is 2.48 bits per heavy atom. The molecule has 0 saturated carbocycles. The number of nitrogens with one attached hydrogen (secondary N) is 1. The molecule has 1 fully saturated rings. The number of aromatic nitrogens is 1. The minimum Gasteiger partial charge on any atom is -0.447 e. The predicted octanol–water partition coefficient (Wildman–Crippen LogP) is 4.44. The summed E-state index contributed by atoms with van der Waals surface area (Å²) in [6, 6.07) is 15.0. The normalized spacial score (nSPS) is 13.5. The third-order valence-corrected chi connectivity index (χ3v) is 4.94. The second-order valence-corrected chi connectivity index (χ2v) is 6.87. The molecule has 2 heterocycles. The Hall–Kier alpha value is -3.61. The average molecular weight is 393 g/mol. The van der Waals surface area contributed by atoms with Crippen molar-refractivity contribution < 1.29 is 18.7 Å². The maximum Gasteiger partial charge on any atom is 0.414 e. The van der Waals surface area contributed by atoms with Crippen molar-refractivity contribution in [3.05, 3.63) is 77.4 Å². The fourth-order valence-electron chi connectivity index (χ4n) is 3.56. The number of benzene rings is 2. The molecule has 0 atom stereocenters. The predicted molar refractivity (Wildman–Crippen MR) is 108 cm³/mol. The van der Waals surface area contributed by atoms with Crippen LogP contribution in [0.15, 0.2) is 54.6 Å². The molecule has 1 aliphatic heterocycles. The summed E-state index contributed by atoms with van der Waals surface area (Å²) in [7, 11) is 0. The lowest BCUT2D eigenvalue weighted by atomic mass is 10.2. The van der Waals surface area contributed by atoms with Gasteiger partial charge < -0.3 is 14.6 Å². The molecule has 6 nitrogen and oxygen atoms in total. The van der Waals surface area contributed by atoms with Crippen molar-refractivity contribution in [2.75, 3.05) is 23.4 Å². The third-order valence-electron chi connectivity index (χ3n) is 4.94. The van der Waals surface area contributed by atoms with E-state index in [0.29, 0.717) is 30.1 Å². The molecule has 0 spiro atoms. The molecule has 0 aliphatic carbocycles. The highest BCUT2D eigenvalue weighted by molar-refractivity contribution is 6.05. The van der Waals surface area contributed by atoms with Gasteiger partial charge >= 0.3 is 6.09 Å². The molecule has 4 rings (SSSR count). The molecule has 1 saturated heterocycles. The Kier molecular flexibility index (Phi) is 4.80. The van der Waals surface area contributed by atoms with Crippen LogP contribution >= 0.6 is 0 Å². The quantitative estimate of drug-likeness (QED) is 0.713. The second-order valence-electron chi connectivity index (χ2n) is 6.87. The van der Waals surface area contributed by atoms with Crippen LogP contribution in [0.3, 0.4) is 0 Å². The lowest BCUT2D eigenvalue weighted by molar-refractivity contribution is 0.102. The van der Waals surface area contributed by atoms with Gasteiger partial charge in [-0.2, -0.15) is 0 Å². The van der Waals surface area contributed by atoms with Crippen molar-refractivity contribution in [3.8, 4) is 5.69 Å². The van der Waals surface area contributed by atoms with Crippen molar-refractivity contribution in [1.82, 2.24) is 4.57 Å². The summed E-state index contributed by atoms with van der Waals surface area (Å²) >= 11 is 0. The van der Waals surface area contributed by atoms with Crippen LogP contribution in [0.25, 0.3) is 5.69 Å². The van der Waals surface area contributed by atoms with Gasteiger partial charge in [0.15, 0.2) is 0 Å². The van der Waals surface area contributed by atoms with Gasteiger partial charge in [0.25, 0.3) is 5.91 Å². The molecule has 2 aromatic carbocycles. The van der Waals surface area contributed by atoms with Gasteiger partial charge in [-0.25, -0.2) is 9.18 Å². The zero-order chi connectivity index (χ0) is 20.5. The standard InChI is InChI=1S/C22H20FN3O3/c1-14-12-20(15(2)26(14)19-5-3-4-16(23)13-19)21(27)24-17-6-8-18(9-7-17)25-10-11-29-22(25)28/h3-9,12-13H,10-11H2,1-2H3,(H,24,27). The van der Waals surface area contributed by atoms with Crippen LogP contribution in [0, 0.1) is 19.7 Å². The molecule has 0 unspecified atom stereocenters. The minimum atomic E-state index is -0.369. The first kappa shape index (κ1) is 18.7. The van der Waals surface area contributed by atoms with E-state index in [1.54, 1.807) is 42.5 Å². The van der Waals surface area contributed by atoms with Crippen LogP contribution < -0.4 is 10.2 Å². The van der Waals surface area contributed by atoms with Crippen LogP contribution in [0.4, 0.5) is 20.6 Å². The van der Waals surface area contributed by atoms with Crippen LogP contribution in [-0.2, 0) is 4.74 Å². The lowest BCUT2D eigenvalue weighted by Crippen LogP contribution is -2.23. The van der Waals surface area contributed by atoms with Crippen molar-refractivity contribution in [2.24, 2.45) is 0 Å². The molecule has 1 aromatic heterocycles. The molecule has 0 bridgehead atoms. The third kappa shape index (κ3) is 3.59. The van der Waals surface area contributed by atoms with Crippen molar-refractivity contribution in [3.63, 3.8) is 0 Å². The first-order chi connectivity index (χ1) is 13.9. The number of ether oxygens (including phenoxy) is 1. The average Bonchev–Trinajstić information content (AvgIpc) is 3.25. The number of rotatable bonds is 4. The number of carbonyl (C=O) groups is 2. The highest BCUT2D eigenvalue weighted by Crippen LogP contribution is 2.24. The van der Waals surface area contributed by atoms with Crippen molar-refractivity contribution >= 4 is 23.4 Å². The summed E-state index contributed by atoms with van der Waals surface area (Å²) < 4.78 is 20.4. The first-order valence-corrected chi connectivity index (χ1v) is 9.24. The summed E-state index contributed by atoms with van der Waals surface area (Å²) in [5.74, 6) is -0.586. The molecule has 3 aromatic rings. The van der Waals surface area contributed by atoms with Gasteiger partial charge in [-0.05, 0) is 62.4 Å². The number of hydrogen-bond donors (Lipinski definition) is 1. The molecule has 29 heavy (non-hydrogen) atoms. The van der Waals surface area contributed by atoms with Crippen molar-refractivity contribution in [1.29, 1.82) is 0 Å². The largest absolute Gasteiger partial charge is 0.447 e. The van der Waals surface area contributed by atoms with Gasteiger partial charge in [-0.15, -0.1) is 0 Å². The summed E-state index contributed by atoms with van der Waals surface area (Å²) in [6.45, 7) is 4.59. The van der Waals surface area contributed by atoms with Crippen molar-refractivity contribution in [2.45, 2.75) is 13.8 Å². The maximum atomic E-state index is 13.6. The van der Waals surface area contributed by atoms with E-state index in [9.17, 15) is 14.0 Å². The van der Waals surface area contributed by atoms with Gasteiger partial charge in [0, 0.05) is 28.5 Å². The van der Waals surface area contributed by atoms with Gasteiger partial charge in [0.2, 0.25) is 0 Å². The van der Waals surface area contributed by atoms with Crippen LogP contribution in [0.5, 0.6) is 0 Å². The summed E-state index contributed by atoms with van der Waals surface area (Å²) in [5, 5.41) is 2.87. The van der Waals surface area contributed by atoms with E-state index < -0.39 is 0 Å². The Balaban J connectivity index is 1.55. The zero-order valence-electron chi connectivity index (χ0n) is 16.1. The fourth-order valence-corrected chi connectivity index (χ4v) is 3.56. The van der Waals surface area contributed by atoms with E-state index in [1.807, 2.05) is 18.4 Å². The molecule has 7 heteroatoms. The van der Waals surface area contributed by atoms with Crippen LogP contribution in [-0.4, -0.2) is 29.7 Å². The highest BCUT2D eigenvalue weighted by atomic mass is 19.1. The van der Waals surface area contributed by atoms with E-state index in [-0.39, 0.29) is 17.8 Å². The van der Waals surface area contributed by atoms with Crippen LogP contribution in [0.2, 0.25) is 0 Å². The number of hydrogen-bond acceptors (Lipinski definition) is 3. The molecule has 0 radical (unpaired) electrons. The fraction of sp³-hybridized carbons (Fsp3) is 0.182. The van der Waals surface area contributed by atoms with E-state index in [0.717, 1.165) is 17.1 Å². The number of nitrogens with zero attached hydrogens (tertiary/aromatic N) is 2. The van der Waals surface area contributed by atoms with E-state index in [4.69, 9.17) is 4.74 Å². The highest BCUT2D eigenvalue weighted by Gasteiger charge is 2.23. The lowest BCUT2D eigenvalue weighted by Gasteiger charge is -2.13. The molecular weight excluding hydrogens is 373 g/mol. The Morgan fingerprint density at radius 2 is 1.83 bits per heavy atom. The molecule has 2 amide bonds. The summed E-state index contributed by atoms with van der Waals surface area (Å²) in [5.41, 5.74) is 4.07. The molecule has 1 N–H and O–H groups in total. The van der Waals surface area contributed by atoms with Gasteiger partial charge in [-0.1, -0.05) is 6.07 Å². The first-order valence-electron chi connectivity index (χ1n) is 9.24. The number of anilines is 2. The zero-order valence-corrected chi connectivity index (χ0v) is 16.1. The van der Waals surface area contributed by atoms with Gasteiger partial charge in [-0.3, -0.25) is 9.69 Å². The Bertz CT molecular complexity index is 1090. The number of carbonyl (C=O) groups excluding carboxylic acids is 2. The smallest absolute Gasteiger partial charge is 0.414 e. The van der Waals surface area contributed by atoms with Crippen LogP contribution in [0.1, 0.15) is 21.7 Å². The minimum absolute atomic E-state index is 0.255. The number of amides is 2. The molecule has 1 aliphatic rings. The SMILES string of the molecule is Cc1cc(C(=O)Nc2ccc(N3CCOC3=O)cc2)c(C)n1-c1cccc(F)c1. The Labute approximate surface area is 167 Å². The monoisotopic (exact) mass is 393 g/mol.